The molecule has 1 amide bonds. The van der Waals surface area contributed by atoms with E-state index in [2.05, 4.69) is 21.2 Å². The summed E-state index contributed by atoms with van der Waals surface area (Å²) in [4.78, 5) is 22.6. The third kappa shape index (κ3) is 3.41. The Morgan fingerprint density at radius 2 is 2.20 bits per heavy atom. The highest BCUT2D eigenvalue weighted by molar-refractivity contribution is 9.10. The van der Waals surface area contributed by atoms with Crippen molar-refractivity contribution in [1.82, 2.24) is 5.32 Å². The predicted octanol–water partition coefficient (Wildman–Crippen LogP) is 2.02. The van der Waals surface area contributed by atoms with Gasteiger partial charge in [-0.05, 0) is 34.0 Å². The maximum atomic E-state index is 12.0. The fourth-order valence-electron chi connectivity index (χ4n) is 1.84. The minimum atomic E-state index is -0.877. The predicted molar refractivity (Wildman–Crippen MR) is 74.0 cm³/mol. The van der Waals surface area contributed by atoms with Gasteiger partial charge in [-0.25, -0.2) is 0 Å². The van der Waals surface area contributed by atoms with Gasteiger partial charge in [-0.2, -0.15) is 0 Å². The lowest BCUT2D eigenvalue weighted by atomic mass is 10.1. The van der Waals surface area contributed by atoms with Crippen LogP contribution >= 0.6 is 15.9 Å². The van der Waals surface area contributed by atoms with Crippen molar-refractivity contribution in [1.29, 1.82) is 0 Å². The molecule has 1 unspecified atom stereocenters. The molecular formula is C13H14BrNO5. The fraction of sp³-hybridized carbons (Fsp3) is 0.385. The summed E-state index contributed by atoms with van der Waals surface area (Å²) in [5.41, 5.74) is 0.434. The van der Waals surface area contributed by atoms with Crippen LogP contribution in [0.5, 0.6) is 11.5 Å². The molecular weight excluding hydrogens is 330 g/mol. The first kappa shape index (κ1) is 14.6. The summed E-state index contributed by atoms with van der Waals surface area (Å²) in [6.45, 7) is 2.20. The molecule has 1 heterocycles. The number of carboxylic acid groups (broad SMARTS) is 1. The van der Waals surface area contributed by atoms with Gasteiger partial charge in [0.2, 0.25) is 6.79 Å². The first-order chi connectivity index (χ1) is 9.47. The molecule has 108 valence electrons. The maximum Gasteiger partial charge on any atom is 0.303 e. The number of aliphatic carboxylic acids is 1. The zero-order valence-electron chi connectivity index (χ0n) is 10.8. The Balaban J connectivity index is 2.00. The average molecular weight is 344 g/mol. The van der Waals surface area contributed by atoms with E-state index < -0.39 is 5.97 Å². The van der Waals surface area contributed by atoms with Crippen LogP contribution in [0, 0.1) is 5.92 Å². The molecule has 1 atom stereocenters. The third-order valence-electron chi connectivity index (χ3n) is 2.82. The normalized spacial score (nSPS) is 13.9. The van der Waals surface area contributed by atoms with E-state index >= 15 is 0 Å². The van der Waals surface area contributed by atoms with Crippen molar-refractivity contribution >= 4 is 27.8 Å². The fourth-order valence-corrected chi connectivity index (χ4v) is 2.39. The number of halogens is 1. The summed E-state index contributed by atoms with van der Waals surface area (Å²) < 4.78 is 11.1. The number of amides is 1. The molecule has 2 N–H and O–H groups in total. The Kier molecular flexibility index (Phi) is 4.49. The van der Waals surface area contributed by atoms with Gasteiger partial charge in [0.05, 0.1) is 4.47 Å². The van der Waals surface area contributed by atoms with E-state index in [0.29, 0.717) is 28.1 Å². The van der Waals surface area contributed by atoms with Gasteiger partial charge in [-0.15, -0.1) is 0 Å². The van der Waals surface area contributed by atoms with E-state index in [1.807, 2.05) is 0 Å². The van der Waals surface area contributed by atoms with Gasteiger partial charge in [0.1, 0.15) is 0 Å². The molecule has 2 rings (SSSR count). The van der Waals surface area contributed by atoms with Gasteiger partial charge in [0.15, 0.2) is 11.5 Å². The molecule has 0 spiro atoms. The van der Waals surface area contributed by atoms with Gasteiger partial charge in [-0.3, -0.25) is 9.59 Å². The largest absolute Gasteiger partial charge is 0.481 e. The molecule has 0 saturated heterocycles. The highest BCUT2D eigenvalue weighted by Gasteiger charge is 2.20. The van der Waals surface area contributed by atoms with E-state index in [9.17, 15) is 9.59 Å². The summed E-state index contributed by atoms with van der Waals surface area (Å²) in [6, 6.07) is 3.25. The van der Waals surface area contributed by atoms with E-state index in [0.717, 1.165) is 0 Å². The van der Waals surface area contributed by atoms with Gasteiger partial charge >= 0.3 is 5.97 Å². The van der Waals surface area contributed by atoms with Gasteiger partial charge in [-0.1, -0.05) is 6.92 Å². The van der Waals surface area contributed by atoms with Crippen LogP contribution in [0.2, 0.25) is 0 Å². The number of hydrogen-bond donors (Lipinski definition) is 2. The number of ether oxygens (including phenoxy) is 2. The molecule has 20 heavy (non-hydrogen) atoms. The Labute approximate surface area is 124 Å². The standard InChI is InChI=1S/C13H14BrNO5/c1-7(2-11(16)17)5-15-13(18)8-3-9(14)12-10(4-8)19-6-20-12/h3-4,7H,2,5-6H2,1H3,(H,15,18)(H,16,17). The van der Waals surface area contributed by atoms with Crippen LogP contribution in [0.25, 0.3) is 0 Å². The van der Waals surface area contributed by atoms with Crippen LogP contribution < -0.4 is 14.8 Å². The molecule has 1 aromatic rings. The van der Waals surface area contributed by atoms with E-state index in [1.165, 1.54) is 0 Å². The maximum absolute atomic E-state index is 12.0. The molecule has 0 aromatic heterocycles. The highest BCUT2D eigenvalue weighted by atomic mass is 79.9. The molecule has 6 nitrogen and oxygen atoms in total. The van der Waals surface area contributed by atoms with Crippen molar-refractivity contribution < 1.29 is 24.2 Å². The van der Waals surface area contributed by atoms with E-state index in [1.54, 1.807) is 19.1 Å². The third-order valence-corrected chi connectivity index (χ3v) is 3.41. The van der Waals surface area contributed by atoms with Gasteiger partial charge < -0.3 is 19.9 Å². The number of carbonyl (C=O) groups excluding carboxylic acids is 1. The lowest BCUT2D eigenvalue weighted by molar-refractivity contribution is -0.137. The van der Waals surface area contributed by atoms with Crippen molar-refractivity contribution in [2.24, 2.45) is 5.92 Å². The van der Waals surface area contributed by atoms with Gasteiger partial charge in [0, 0.05) is 18.5 Å². The summed E-state index contributed by atoms with van der Waals surface area (Å²) in [6.07, 6.45) is 0.0190. The second-order valence-corrected chi connectivity index (χ2v) is 5.46. The van der Waals surface area contributed by atoms with E-state index in [-0.39, 0.29) is 25.0 Å². The highest BCUT2D eigenvalue weighted by Crippen LogP contribution is 2.39. The van der Waals surface area contributed by atoms with Crippen molar-refractivity contribution in [2.45, 2.75) is 13.3 Å². The number of hydrogen-bond acceptors (Lipinski definition) is 4. The number of fused-ring (bicyclic) bond motifs is 1. The Hall–Kier alpha value is -1.76. The SMILES string of the molecule is CC(CNC(=O)c1cc(Br)c2c(c1)OCO2)CC(=O)O. The molecule has 0 saturated carbocycles. The lowest BCUT2D eigenvalue weighted by Gasteiger charge is -2.11. The van der Waals surface area contributed by atoms with Crippen molar-refractivity contribution in [2.75, 3.05) is 13.3 Å². The summed E-state index contributed by atoms with van der Waals surface area (Å²) in [7, 11) is 0. The molecule has 0 radical (unpaired) electrons. The molecule has 0 bridgehead atoms. The van der Waals surface area contributed by atoms with Crippen molar-refractivity contribution in [3.63, 3.8) is 0 Å². The topological polar surface area (TPSA) is 84.9 Å². The quantitative estimate of drug-likeness (QED) is 0.854. The zero-order valence-corrected chi connectivity index (χ0v) is 12.4. The van der Waals surface area contributed by atoms with Crippen molar-refractivity contribution in [3.8, 4) is 11.5 Å². The number of carboxylic acids is 1. The van der Waals surface area contributed by atoms with Crippen LogP contribution in [0.15, 0.2) is 16.6 Å². The van der Waals surface area contributed by atoms with Crippen molar-refractivity contribution in [3.05, 3.63) is 22.2 Å². The Morgan fingerprint density at radius 1 is 1.45 bits per heavy atom. The molecule has 7 heteroatoms. The second-order valence-electron chi connectivity index (χ2n) is 4.60. The minimum absolute atomic E-state index is 0.0190. The number of nitrogens with one attached hydrogen (secondary N) is 1. The Bertz CT molecular complexity index is 546. The number of rotatable bonds is 5. The average Bonchev–Trinajstić information content (AvgIpc) is 2.83. The van der Waals surface area contributed by atoms with Gasteiger partial charge in [0.25, 0.3) is 5.91 Å². The molecule has 1 aromatic carbocycles. The van der Waals surface area contributed by atoms with Crippen LogP contribution in [0.4, 0.5) is 0 Å². The lowest BCUT2D eigenvalue weighted by Crippen LogP contribution is -2.29. The molecule has 0 fully saturated rings. The number of carbonyl (C=O) groups is 2. The smallest absolute Gasteiger partial charge is 0.303 e. The summed E-state index contributed by atoms with van der Waals surface area (Å²) in [5.74, 6) is -0.184. The van der Waals surface area contributed by atoms with E-state index in [4.69, 9.17) is 14.6 Å². The zero-order chi connectivity index (χ0) is 14.7. The monoisotopic (exact) mass is 343 g/mol. The number of benzene rings is 1. The van der Waals surface area contributed by atoms with Crippen LogP contribution in [-0.2, 0) is 4.79 Å². The first-order valence-corrected chi connectivity index (χ1v) is 6.86. The van der Waals surface area contributed by atoms with Crippen LogP contribution in [0.3, 0.4) is 0 Å². The van der Waals surface area contributed by atoms with Crippen LogP contribution in [0.1, 0.15) is 23.7 Å². The second kappa shape index (κ2) is 6.13. The Morgan fingerprint density at radius 3 is 2.90 bits per heavy atom. The first-order valence-electron chi connectivity index (χ1n) is 6.06. The molecule has 0 aliphatic carbocycles. The summed E-state index contributed by atoms with van der Waals surface area (Å²) >= 11 is 3.32. The molecule has 1 aliphatic rings. The minimum Gasteiger partial charge on any atom is -0.481 e. The molecule has 1 aliphatic heterocycles. The summed E-state index contributed by atoms with van der Waals surface area (Å²) in [5, 5.41) is 11.4. The van der Waals surface area contributed by atoms with Crippen LogP contribution in [-0.4, -0.2) is 30.3 Å².